The summed E-state index contributed by atoms with van der Waals surface area (Å²) < 4.78 is 5.26. The molecule has 0 aromatic heterocycles. The number of rotatable bonds is 4. The van der Waals surface area contributed by atoms with Crippen LogP contribution in [0, 0.1) is 0 Å². The van der Waals surface area contributed by atoms with E-state index >= 15 is 0 Å². The Hall–Kier alpha value is -1.75. The summed E-state index contributed by atoms with van der Waals surface area (Å²) >= 11 is 5.91. The molecular formula is C15H20ClNO4. The zero-order valence-electron chi connectivity index (χ0n) is 12.6. The van der Waals surface area contributed by atoms with Crippen molar-refractivity contribution >= 4 is 23.7 Å². The number of carboxylic acids is 1. The number of carbonyl (C=O) groups excluding carboxylic acids is 1. The molecule has 0 aliphatic heterocycles. The second-order valence-electron chi connectivity index (χ2n) is 5.75. The lowest BCUT2D eigenvalue weighted by Gasteiger charge is -2.30. The fourth-order valence-corrected chi connectivity index (χ4v) is 1.86. The monoisotopic (exact) mass is 313 g/mol. The van der Waals surface area contributed by atoms with Gasteiger partial charge in [0.25, 0.3) is 0 Å². The van der Waals surface area contributed by atoms with Gasteiger partial charge in [0.2, 0.25) is 0 Å². The molecule has 116 valence electrons. The molecule has 21 heavy (non-hydrogen) atoms. The van der Waals surface area contributed by atoms with E-state index in [9.17, 15) is 9.59 Å². The highest BCUT2D eigenvalue weighted by atomic mass is 35.5. The van der Waals surface area contributed by atoms with Gasteiger partial charge in [-0.3, -0.25) is 4.90 Å². The lowest BCUT2D eigenvalue weighted by molar-refractivity contribution is -0.142. The molecule has 0 bridgehead atoms. The van der Waals surface area contributed by atoms with Crippen LogP contribution in [0.2, 0.25) is 5.02 Å². The minimum absolute atomic E-state index is 0.114. The van der Waals surface area contributed by atoms with Crippen LogP contribution in [-0.4, -0.2) is 33.7 Å². The summed E-state index contributed by atoms with van der Waals surface area (Å²) in [6, 6.07) is 5.92. The second-order valence-corrected chi connectivity index (χ2v) is 6.19. The van der Waals surface area contributed by atoms with Crippen molar-refractivity contribution in [2.45, 2.75) is 45.9 Å². The van der Waals surface area contributed by atoms with Crippen molar-refractivity contribution in [1.82, 2.24) is 4.90 Å². The molecule has 1 N–H and O–H groups in total. The number of hydrogen-bond donors (Lipinski definition) is 1. The van der Waals surface area contributed by atoms with E-state index in [-0.39, 0.29) is 6.54 Å². The molecule has 0 saturated heterocycles. The summed E-state index contributed by atoms with van der Waals surface area (Å²) in [6.07, 6.45) is -0.669. The van der Waals surface area contributed by atoms with Crippen LogP contribution in [-0.2, 0) is 16.1 Å². The van der Waals surface area contributed by atoms with Crippen LogP contribution in [0.25, 0.3) is 0 Å². The Labute approximate surface area is 129 Å². The van der Waals surface area contributed by atoms with Gasteiger partial charge < -0.3 is 9.84 Å². The van der Waals surface area contributed by atoms with Crippen LogP contribution in [0.1, 0.15) is 33.3 Å². The van der Waals surface area contributed by atoms with Crippen LogP contribution >= 0.6 is 11.6 Å². The number of ether oxygens (including phenoxy) is 1. The molecule has 1 aromatic carbocycles. The highest BCUT2D eigenvalue weighted by Gasteiger charge is 2.29. The van der Waals surface area contributed by atoms with Gasteiger partial charge in [0.05, 0.1) is 0 Å². The Morgan fingerprint density at radius 3 is 2.48 bits per heavy atom. The van der Waals surface area contributed by atoms with Crippen LogP contribution in [0.15, 0.2) is 24.3 Å². The van der Waals surface area contributed by atoms with Gasteiger partial charge in [-0.25, -0.2) is 9.59 Å². The van der Waals surface area contributed by atoms with Crippen LogP contribution < -0.4 is 0 Å². The van der Waals surface area contributed by atoms with Gasteiger partial charge in [0.15, 0.2) is 0 Å². The summed E-state index contributed by atoms with van der Waals surface area (Å²) in [5.41, 5.74) is 0.0449. The predicted octanol–water partition coefficient (Wildman–Crippen LogP) is 3.55. The highest BCUT2D eigenvalue weighted by molar-refractivity contribution is 6.30. The maximum absolute atomic E-state index is 12.2. The summed E-state index contributed by atoms with van der Waals surface area (Å²) in [5.74, 6) is -1.09. The molecule has 0 heterocycles. The van der Waals surface area contributed by atoms with Gasteiger partial charge in [-0.1, -0.05) is 23.7 Å². The summed E-state index contributed by atoms with van der Waals surface area (Å²) in [6.45, 7) is 6.75. The maximum Gasteiger partial charge on any atom is 0.411 e. The van der Waals surface area contributed by atoms with E-state index in [1.54, 1.807) is 45.0 Å². The van der Waals surface area contributed by atoms with Gasteiger partial charge in [-0.2, -0.15) is 0 Å². The minimum Gasteiger partial charge on any atom is -0.480 e. The van der Waals surface area contributed by atoms with E-state index < -0.39 is 23.7 Å². The van der Waals surface area contributed by atoms with Crippen molar-refractivity contribution in [3.63, 3.8) is 0 Å². The van der Waals surface area contributed by atoms with E-state index in [0.29, 0.717) is 5.02 Å². The standard InChI is InChI=1S/C15H20ClNO4/c1-10(13(18)19)17(14(20)21-15(2,3)4)9-11-6-5-7-12(16)8-11/h5-8,10H,9H2,1-4H3,(H,18,19). The van der Waals surface area contributed by atoms with E-state index in [1.165, 1.54) is 11.8 Å². The normalized spacial score (nSPS) is 12.6. The number of hydrogen-bond acceptors (Lipinski definition) is 3. The van der Waals surface area contributed by atoms with Crippen LogP contribution in [0.5, 0.6) is 0 Å². The lowest BCUT2D eigenvalue weighted by Crippen LogP contribution is -2.45. The highest BCUT2D eigenvalue weighted by Crippen LogP contribution is 2.17. The van der Waals surface area contributed by atoms with Crippen molar-refractivity contribution in [2.75, 3.05) is 0 Å². The zero-order valence-corrected chi connectivity index (χ0v) is 13.3. The maximum atomic E-state index is 12.2. The molecule has 0 spiro atoms. The Morgan fingerprint density at radius 1 is 1.38 bits per heavy atom. The van der Waals surface area contributed by atoms with E-state index in [1.807, 2.05) is 0 Å². The number of carboxylic acid groups (broad SMARTS) is 1. The fourth-order valence-electron chi connectivity index (χ4n) is 1.65. The van der Waals surface area contributed by atoms with Crippen molar-refractivity contribution in [1.29, 1.82) is 0 Å². The average Bonchev–Trinajstić information content (AvgIpc) is 2.32. The lowest BCUT2D eigenvalue weighted by atomic mass is 10.2. The molecule has 5 nitrogen and oxygen atoms in total. The molecule has 0 saturated carbocycles. The first-order valence-corrected chi connectivity index (χ1v) is 6.95. The Balaban J connectivity index is 2.97. The Bertz CT molecular complexity index is 525. The van der Waals surface area contributed by atoms with E-state index in [0.717, 1.165) is 5.56 Å². The third-order valence-electron chi connectivity index (χ3n) is 2.69. The topological polar surface area (TPSA) is 66.8 Å². The first-order chi connectivity index (χ1) is 9.60. The van der Waals surface area contributed by atoms with Gasteiger partial charge in [0.1, 0.15) is 11.6 Å². The quantitative estimate of drug-likeness (QED) is 0.923. The van der Waals surface area contributed by atoms with Crippen LogP contribution in [0.4, 0.5) is 4.79 Å². The molecule has 0 aliphatic carbocycles. The van der Waals surface area contributed by atoms with Gasteiger partial charge >= 0.3 is 12.1 Å². The molecule has 0 fully saturated rings. The summed E-state index contributed by atoms with van der Waals surface area (Å²) in [7, 11) is 0. The van der Waals surface area contributed by atoms with Crippen molar-refractivity contribution in [2.24, 2.45) is 0 Å². The first-order valence-electron chi connectivity index (χ1n) is 6.57. The van der Waals surface area contributed by atoms with Crippen molar-refractivity contribution < 1.29 is 19.4 Å². The van der Waals surface area contributed by atoms with Crippen LogP contribution in [0.3, 0.4) is 0 Å². The molecule has 1 aromatic rings. The number of amides is 1. The second kappa shape index (κ2) is 6.80. The molecular weight excluding hydrogens is 294 g/mol. The first kappa shape index (κ1) is 17.3. The Morgan fingerprint density at radius 2 is 2.00 bits per heavy atom. The minimum atomic E-state index is -1.09. The fraction of sp³-hybridized carbons (Fsp3) is 0.467. The summed E-state index contributed by atoms with van der Waals surface area (Å²) in [4.78, 5) is 24.6. The van der Waals surface area contributed by atoms with E-state index in [4.69, 9.17) is 21.4 Å². The average molecular weight is 314 g/mol. The zero-order chi connectivity index (χ0) is 16.2. The van der Waals surface area contributed by atoms with Crippen molar-refractivity contribution in [3.05, 3.63) is 34.9 Å². The van der Waals surface area contributed by atoms with Gasteiger partial charge in [-0.05, 0) is 45.4 Å². The molecule has 1 atom stereocenters. The largest absolute Gasteiger partial charge is 0.480 e. The molecule has 0 radical (unpaired) electrons. The smallest absolute Gasteiger partial charge is 0.411 e. The van der Waals surface area contributed by atoms with Gasteiger partial charge in [0, 0.05) is 11.6 Å². The molecule has 6 heteroatoms. The number of carbonyl (C=O) groups is 2. The van der Waals surface area contributed by atoms with E-state index in [2.05, 4.69) is 0 Å². The third-order valence-corrected chi connectivity index (χ3v) is 2.93. The Kier molecular flexibility index (Phi) is 5.61. The number of aliphatic carboxylic acids is 1. The third kappa shape index (κ3) is 5.63. The predicted molar refractivity (Wildman–Crippen MR) is 80.3 cm³/mol. The SMILES string of the molecule is CC(C(=O)O)N(Cc1cccc(Cl)c1)C(=O)OC(C)(C)C. The number of benzene rings is 1. The molecule has 1 rings (SSSR count). The molecule has 1 unspecified atom stereocenters. The number of halogens is 1. The molecule has 1 amide bonds. The summed E-state index contributed by atoms with van der Waals surface area (Å²) in [5, 5.41) is 9.68. The number of nitrogens with zero attached hydrogens (tertiary/aromatic N) is 1. The van der Waals surface area contributed by atoms with Gasteiger partial charge in [-0.15, -0.1) is 0 Å². The van der Waals surface area contributed by atoms with Crippen molar-refractivity contribution in [3.8, 4) is 0 Å². The molecule has 0 aliphatic rings.